The molecule has 5 rings (SSSR count). The Balaban J connectivity index is 1.47. The highest BCUT2D eigenvalue weighted by Gasteiger charge is 2.34. The summed E-state index contributed by atoms with van der Waals surface area (Å²) in [4.78, 5) is 15.2. The highest BCUT2D eigenvalue weighted by Crippen LogP contribution is 2.44. The molecule has 0 aliphatic carbocycles. The maximum absolute atomic E-state index is 13.1. The zero-order valence-corrected chi connectivity index (χ0v) is 19.9. The molecule has 8 nitrogen and oxygen atoms in total. The molecule has 8 heteroatoms. The molecule has 0 bridgehead atoms. The van der Waals surface area contributed by atoms with Gasteiger partial charge in [0.2, 0.25) is 5.78 Å². The molecule has 0 N–H and O–H groups in total. The molecule has 0 spiro atoms. The lowest BCUT2D eigenvalue weighted by Gasteiger charge is -2.32. The van der Waals surface area contributed by atoms with Crippen molar-refractivity contribution < 1.29 is 33.2 Å². The third-order valence-corrected chi connectivity index (χ3v) is 6.06. The van der Waals surface area contributed by atoms with Crippen LogP contribution in [0.1, 0.15) is 21.5 Å². The maximum atomic E-state index is 13.1. The summed E-state index contributed by atoms with van der Waals surface area (Å²) in [6, 6.07) is 14.6. The molecular weight excluding hydrogens is 450 g/mol. The van der Waals surface area contributed by atoms with E-state index in [2.05, 4.69) is 0 Å². The number of hydrogen-bond donors (Lipinski definition) is 0. The van der Waals surface area contributed by atoms with Gasteiger partial charge in [-0.05, 0) is 48.0 Å². The van der Waals surface area contributed by atoms with Gasteiger partial charge in [0, 0.05) is 6.07 Å². The molecule has 2 heterocycles. The minimum absolute atomic E-state index is 0.184. The summed E-state index contributed by atoms with van der Waals surface area (Å²) in [5, 5.41) is 0. The number of fused-ring (bicyclic) bond motifs is 3. The van der Waals surface area contributed by atoms with E-state index >= 15 is 0 Å². The third kappa shape index (κ3) is 3.97. The number of carbonyl (C=O) groups is 1. The van der Waals surface area contributed by atoms with Crippen molar-refractivity contribution in [1.29, 1.82) is 0 Å². The number of hydrogen-bond acceptors (Lipinski definition) is 8. The fraction of sp³-hybridized carbons (Fsp3) is 0.222. The van der Waals surface area contributed by atoms with Gasteiger partial charge in [0.15, 0.2) is 24.0 Å². The largest absolute Gasteiger partial charge is 0.497 e. The summed E-state index contributed by atoms with van der Waals surface area (Å²) in [7, 11) is 6.37. The van der Waals surface area contributed by atoms with Crippen molar-refractivity contribution in [3.05, 3.63) is 71.0 Å². The van der Waals surface area contributed by atoms with Crippen molar-refractivity contribution in [2.45, 2.75) is 6.54 Å². The number of anilines is 1. The van der Waals surface area contributed by atoms with Crippen molar-refractivity contribution in [3.8, 4) is 34.5 Å². The van der Waals surface area contributed by atoms with E-state index in [0.717, 1.165) is 16.8 Å². The number of Topliss-reactive ketones (excluding diaryl/α,β-unsaturated/α-hetero) is 1. The average molecular weight is 475 g/mol. The highest BCUT2D eigenvalue weighted by molar-refractivity contribution is 6.15. The van der Waals surface area contributed by atoms with Gasteiger partial charge in [-0.2, -0.15) is 0 Å². The Bertz CT molecular complexity index is 1330. The Kier molecular flexibility index (Phi) is 5.86. The van der Waals surface area contributed by atoms with Crippen molar-refractivity contribution in [1.82, 2.24) is 0 Å². The van der Waals surface area contributed by atoms with Gasteiger partial charge in [-0.25, -0.2) is 0 Å². The highest BCUT2D eigenvalue weighted by atomic mass is 16.5. The lowest BCUT2D eigenvalue weighted by Crippen LogP contribution is -2.32. The van der Waals surface area contributed by atoms with E-state index in [-0.39, 0.29) is 11.5 Å². The van der Waals surface area contributed by atoms with Crippen LogP contribution in [-0.2, 0) is 6.54 Å². The molecule has 0 unspecified atom stereocenters. The Morgan fingerprint density at radius 1 is 0.857 bits per heavy atom. The van der Waals surface area contributed by atoms with E-state index in [1.54, 1.807) is 52.7 Å². The number of ether oxygens (including phenoxy) is 6. The zero-order chi connectivity index (χ0) is 24.5. The molecule has 0 atom stereocenters. The van der Waals surface area contributed by atoms with Crippen LogP contribution in [0.3, 0.4) is 0 Å². The van der Waals surface area contributed by atoms with Crippen LogP contribution in [-0.4, -0.2) is 41.0 Å². The molecule has 180 valence electrons. The Labute approximate surface area is 203 Å². The average Bonchev–Trinajstić information content (AvgIpc) is 3.23. The zero-order valence-electron chi connectivity index (χ0n) is 19.9. The minimum atomic E-state index is -0.184. The normalized spacial score (nSPS) is 15.1. The lowest BCUT2D eigenvalue weighted by atomic mass is 10.0. The summed E-state index contributed by atoms with van der Waals surface area (Å²) in [5.41, 5.74) is 2.91. The molecule has 0 radical (unpaired) electrons. The summed E-state index contributed by atoms with van der Waals surface area (Å²) in [6.45, 7) is 0.814. The predicted molar refractivity (Wildman–Crippen MR) is 130 cm³/mol. The second-order valence-corrected chi connectivity index (χ2v) is 7.98. The predicted octanol–water partition coefficient (Wildman–Crippen LogP) is 4.69. The molecular formula is C27H25NO7. The minimum Gasteiger partial charge on any atom is -0.497 e. The van der Waals surface area contributed by atoms with Crippen LogP contribution in [0.25, 0.3) is 6.08 Å². The number of carbonyl (C=O) groups excluding carboxylic acids is 1. The van der Waals surface area contributed by atoms with Gasteiger partial charge in [0.25, 0.3) is 0 Å². The fourth-order valence-electron chi connectivity index (χ4n) is 4.25. The van der Waals surface area contributed by atoms with Crippen LogP contribution < -0.4 is 33.3 Å². The Morgan fingerprint density at radius 2 is 1.66 bits per heavy atom. The Morgan fingerprint density at radius 3 is 2.40 bits per heavy atom. The third-order valence-electron chi connectivity index (χ3n) is 6.06. The van der Waals surface area contributed by atoms with Crippen LogP contribution in [0.5, 0.6) is 34.5 Å². The molecule has 0 saturated carbocycles. The lowest BCUT2D eigenvalue weighted by molar-refractivity contribution is 0.101. The number of ketones is 1. The Hall–Kier alpha value is -4.33. The quantitative estimate of drug-likeness (QED) is 0.475. The number of rotatable bonds is 6. The van der Waals surface area contributed by atoms with Gasteiger partial charge in [-0.1, -0.05) is 6.07 Å². The molecule has 35 heavy (non-hydrogen) atoms. The van der Waals surface area contributed by atoms with Crippen molar-refractivity contribution in [2.24, 2.45) is 0 Å². The van der Waals surface area contributed by atoms with Crippen LogP contribution in [0.4, 0.5) is 5.69 Å². The van der Waals surface area contributed by atoms with Crippen molar-refractivity contribution >= 4 is 17.5 Å². The summed E-state index contributed by atoms with van der Waals surface area (Å²) < 4.78 is 33.7. The van der Waals surface area contributed by atoms with Gasteiger partial charge in [-0.3, -0.25) is 4.79 Å². The summed E-state index contributed by atoms with van der Waals surface area (Å²) in [5.74, 6) is 3.79. The summed E-state index contributed by atoms with van der Waals surface area (Å²) >= 11 is 0. The fourth-order valence-corrected chi connectivity index (χ4v) is 4.25. The molecule has 3 aromatic rings. The first-order valence-electron chi connectivity index (χ1n) is 11.0. The van der Waals surface area contributed by atoms with Crippen LogP contribution >= 0.6 is 0 Å². The van der Waals surface area contributed by atoms with E-state index in [0.29, 0.717) is 53.3 Å². The number of allylic oxidation sites excluding steroid dienone is 1. The summed E-state index contributed by atoms with van der Waals surface area (Å²) in [6.07, 6.45) is 1.70. The second-order valence-electron chi connectivity index (χ2n) is 7.98. The molecule has 2 aliphatic heterocycles. The van der Waals surface area contributed by atoms with Crippen molar-refractivity contribution in [3.63, 3.8) is 0 Å². The van der Waals surface area contributed by atoms with Gasteiger partial charge < -0.3 is 33.3 Å². The number of benzene rings is 3. The van der Waals surface area contributed by atoms with E-state index in [4.69, 9.17) is 28.4 Å². The molecule has 2 aliphatic rings. The SMILES string of the molecule is COc1ccc(N2COc3ccc4c(c3C2)O/C(=C\c2ccc(OC)c(OC)c2)C4=O)c(OC)c1. The van der Waals surface area contributed by atoms with E-state index in [9.17, 15) is 4.79 Å². The number of nitrogens with zero attached hydrogens (tertiary/aromatic N) is 1. The topological polar surface area (TPSA) is 75.7 Å². The van der Waals surface area contributed by atoms with Gasteiger partial charge >= 0.3 is 0 Å². The van der Waals surface area contributed by atoms with Crippen LogP contribution in [0, 0.1) is 0 Å². The monoisotopic (exact) mass is 475 g/mol. The molecule has 3 aromatic carbocycles. The van der Waals surface area contributed by atoms with Gasteiger partial charge in [-0.15, -0.1) is 0 Å². The smallest absolute Gasteiger partial charge is 0.231 e. The van der Waals surface area contributed by atoms with E-state index < -0.39 is 0 Å². The first kappa shape index (κ1) is 22.5. The van der Waals surface area contributed by atoms with Crippen LogP contribution in [0.2, 0.25) is 0 Å². The molecule has 0 amide bonds. The molecule has 0 aromatic heterocycles. The first-order chi connectivity index (χ1) is 17.1. The van der Waals surface area contributed by atoms with Crippen molar-refractivity contribution in [2.75, 3.05) is 40.1 Å². The van der Waals surface area contributed by atoms with Gasteiger partial charge in [0.05, 0.1) is 51.8 Å². The molecule has 0 saturated heterocycles. The molecule has 0 fully saturated rings. The standard InChI is InChI=1S/C27H25NO7/c1-30-17-6-8-20(23(13-17)32-3)28-14-19-21(34-15-28)10-7-18-26(29)25(35-27(18)19)12-16-5-9-22(31-2)24(11-16)33-4/h5-13H,14-15H2,1-4H3/b25-12-. The van der Waals surface area contributed by atoms with Crippen LogP contribution in [0.15, 0.2) is 54.3 Å². The number of methoxy groups -OCH3 is 4. The second kappa shape index (κ2) is 9.13. The van der Waals surface area contributed by atoms with Gasteiger partial charge in [0.1, 0.15) is 23.0 Å². The van der Waals surface area contributed by atoms with E-state index in [1.807, 2.05) is 35.2 Å². The first-order valence-corrected chi connectivity index (χ1v) is 11.0. The maximum Gasteiger partial charge on any atom is 0.231 e. The van der Waals surface area contributed by atoms with E-state index in [1.165, 1.54) is 0 Å².